The van der Waals surface area contributed by atoms with Crippen molar-refractivity contribution in [3.8, 4) is 17.4 Å². The Bertz CT molecular complexity index is 611. The highest BCUT2D eigenvalue weighted by molar-refractivity contribution is 5.80. The number of carbonyl (C=O) groups is 1. The number of rotatable bonds is 7. The van der Waals surface area contributed by atoms with Crippen molar-refractivity contribution in [1.29, 1.82) is 0 Å². The van der Waals surface area contributed by atoms with E-state index in [4.69, 9.17) is 9.47 Å². The smallest absolute Gasteiger partial charge is 0.219 e. The van der Waals surface area contributed by atoms with Gasteiger partial charge < -0.3 is 9.47 Å². The van der Waals surface area contributed by atoms with Crippen molar-refractivity contribution >= 4 is 5.78 Å². The van der Waals surface area contributed by atoms with Crippen molar-refractivity contribution in [2.24, 2.45) is 0 Å². The summed E-state index contributed by atoms with van der Waals surface area (Å²) < 4.78 is 23.9. The van der Waals surface area contributed by atoms with Gasteiger partial charge in [0.2, 0.25) is 5.88 Å². The molecule has 2 aromatic rings. The number of halogens is 1. The summed E-state index contributed by atoms with van der Waals surface area (Å²) in [5, 5.41) is 0. The van der Waals surface area contributed by atoms with Crippen molar-refractivity contribution in [3.63, 3.8) is 0 Å². The van der Waals surface area contributed by atoms with Crippen LogP contribution >= 0.6 is 0 Å². The van der Waals surface area contributed by atoms with E-state index < -0.39 is 6.10 Å². The predicted molar refractivity (Wildman–Crippen MR) is 80.7 cm³/mol. The first-order valence-corrected chi connectivity index (χ1v) is 7.15. The van der Waals surface area contributed by atoms with Crippen LogP contribution in [0.1, 0.15) is 26.7 Å². The first-order valence-electron chi connectivity index (χ1n) is 7.15. The Morgan fingerprint density at radius 3 is 2.41 bits per heavy atom. The third-order valence-electron chi connectivity index (χ3n) is 3.03. The molecular formula is C17H18FNO3. The SMILES string of the molecule is CCC[C@@H](Oc1ccc(Oc2ccc(F)cc2)nc1)C(C)=O. The molecule has 22 heavy (non-hydrogen) atoms. The second-order valence-electron chi connectivity index (χ2n) is 4.89. The van der Waals surface area contributed by atoms with E-state index in [2.05, 4.69) is 4.98 Å². The highest BCUT2D eigenvalue weighted by Crippen LogP contribution is 2.22. The fraction of sp³-hybridized carbons (Fsp3) is 0.294. The molecule has 4 nitrogen and oxygen atoms in total. The lowest BCUT2D eigenvalue weighted by Gasteiger charge is -2.15. The van der Waals surface area contributed by atoms with Crippen LogP contribution in [-0.2, 0) is 4.79 Å². The summed E-state index contributed by atoms with van der Waals surface area (Å²) in [6, 6.07) is 9.01. The lowest BCUT2D eigenvalue weighted by Crippen LogP contribution is -2.24. The molecule has 0 unspecified atom stereocenters. The second kappa shape index (κ2) is 7.54. The van der Waals surface area contributed by atoms with Gasteiger partial charge in [0.25, 0.3) is 0 Å². The van der Waals surface area contributed by atoms with Crippen LogP contribution in [-0.4, -0.2) is 16.9 Å². The Morgan fingerprint density at radius 2 is 1.86 bits per heavy atom. The molecule has 1 aromatic carbocycles. The molecule has 0 radical (unpaired) electrons. The quantitative estimate of drug-likeness (QED) is 0.771. The Morgan fingerprint density at radius 1 is 1.18 bits per heavy atom. The normalized spacial score (nSPS) is 11.8. The van der Waals surface area contributed by atoms with E-state index in [9.17, 15) is 9.18 Å². The molecule has 0 fully saturated rings. The fourth-order valence-electron chi connectivity index (χ4n) is 1.89. The molecule has 0 saturated carbocycles. The van der Waals surface area contributed by atoms with Gasteiger partial charge in [-0.15, -0.1) is 0 Å². The van der Waals surface area contributed by atoms with E-state index in [0.717, 1.165) is 6.42 Å². The average molecular weight is 303 g/mol. The van der Waals surface area contributed by atoms with Gasteiger partial charge >= 0.3 is 0 Å². The third-order valence-corrected chi connectivity index (χ3v) is 3.03. The molecule has 0 aliphatic heterocycles. The Labute approximate surface area is 128 Å². The maximum Gasteiger partial charge on any atom is 0.219 e. The first-order chi connectivity index (χ1) is 10.6. The minimum absolute atomic E-state index is 0.00603. The number of nitrogens with zero attached hydrogens (tertiary/aromatic N) is 1. The van der Waals surface area contributed by atoms with Gasteiger partial charge in [-0.25, -0.2) is 9.37 Å². The van der Waals surface area contributed by atoms with Gasteiger partial charge in [-0.2, -0.15) is 0 Å². The summed E-state index contributed by atoms with van der Waals surface area (Å²) in [7, 11) is 0. The van der Waals surface area contributed by atoms with Crippen LogP contribution in [0, 0.1) is 5.82 Å². The van der Waals surface area contributed by atoms with Crippen molar-refractivity contribution < 1.29 is 18.7 Å². The van der Waals surface area contributed by atoms with E-state index >= 15 is 0 Å². The minimum Gasteiger partial charge on any atom is -0.481 e. The predicted octanol–water partition coefficient (Wildman–Crippen LogP) is 4.15. The average Bonchev–Trinajstić information content (AvgIpc) is 2.51. The van der Waals surface area contributed by atoms with Gasteiger partial charge in [0, 0.05) is 6.07 Å². The van der Waals surface area contributed by atoms with Crippen LogP contribution in [0.25, 0.3) is 0 Å². The molecule has 2 rings (SSSR count). The molecule has 0 N–H and O–H groups in total. The summed E-state index contributed by atoms with van der Waals surface area (Å²) in [6.45, 7) is 3.51. The van der Waals surface area contributed by atoms with E-state index in [1.54, 1.807) is 12.1 Å². The first kappa shape index (κ1) is 15.9. The number of benzene rings is 1. The summed E-state index contributed by atoms with van der Waals surface area (Å²) in [4.78, 5) is 15.6. The zero-order chi connectivity index (χ0) is 15.9. The summed E-state index contributed by atoms with van der Waals surface area (Å²) >= 11 is 0. The topological polar surface area (TPSA) is 48.4 Å². The van der Waals surface area contributed by atoms with Crippen LogP contribution in [0.3, 0.4) is 0 Å². The molecular weight excluding hydrogens is 285 g/mol. The van der Waals surface area contributed by atoms with Crippen molar-refractivity contribution in [2.45, 2.75) is 32.8 Å². The number of ketones is 1. The zero-order valence-corrected chi connectivity index (χ0v) is 12.6. The fourth-order valence-corrected chi connectivity index (χ4v) is 1.89. The maximum absolute atomic E-state index is 12.8. The second-order valence-corrected chi connectivity index (χ2v) is 4.89. The van der Waals surface area contributed by atoms with Gasteiger partial charge in [0.05, 0.1) is 6.20 Å². The van der Waals surface area contributed by atoms with Gasteiger partial charge in [0.15, 0.2) is 11.9 Å². The number of hydrogen-bond donors (Lipinski definition) is 0. The van der Waals surface area contributed by atoms with Crippen LogP contribution in [0.4, 0.5) is 4.39 Å². The zero-order valence-electron chi connectivity index (χ0n) is 12.6. The highest BCUT2D eigenvalue weighted by atomic mass is 19.1. The minimum atomic E-state index is -0.448. The van der Waals surface area contributed by atoms with E-state index in [1.807, 2.05) is 6.92 Å². The molecule has 5 heteroatoms. The molecule has 1 aromatic heterocycles. The number of ether oxygens (including phenoxy) is 2. The maximum atomic E-state index is 12.8. The van der Waals surface area contributed by atoms with Gasteiger partial charge in [0.1, 0.15) is 17.3 Å². The molecule has 0 saturated heterocycles. The molecule has 0 spiro atoms. The summed E-state index contributed by atoms with van der Waals surface area (Å²) in [5.74, 6) is 1.05. The van der Waals surface area contributed by atoms with E-state index in [0.29, 0.717) is 23.8 Å². The number of aromatic nitrogens is 1. The van der Waals surface area contributed by atoms with Crippen molar-refractivity contribution in [2.75, 3.05) is 0 Å². The highest BCUT2D eigenvalue weighted by Gasteiger charge is 2.15. The van der Waals surface area contributed by atoms with Crippen LogP contribution in [0.5, 0.6) is 17.4 Å². The molecule has 0 aliphatic rings. The third kappa shape index (κ3) is 4.55. The van der Waals surface area contributed by atoms with E-state index in [1.165, 1.54) is 37.4 Å². The lowest BCUT2D eigenvalue weighted by molar-refractivity contribution is -0.123. The molecule has 0 bridgehead atoms. The molecule has 0 aliphatic carbocycles. The number of Topliss-reactive ketones (excluding diaryl/α,β-unsaturated/α-hetero) is 1. The Hall–Kier alpha value is -2.43. The van der Waals surface area contributed by atoms with Crippen molar-refractivity contribution in [1.82, 2.24) is 4.98 Å². The van der Waals surface area contributed by atoms with Crippen LogP contribution in [0.15, 0.2) is 42.6 Å². The van der Waals surface area contributed by atoms with Crippen molar-refractivity contribution in [3.05, 3.63) is 48.4 Å². The van der Waals surface area contributed by atoms with Gasteiger partial charge in [-0.05, 0) is 43.7 Å². The molecule has 1 atom stereocenters. The lowest BCUT2D eigenvalue weighted by atomic mass is 10.1. The standard InChI is InChI=1S/C17H18FNO3/c1-3-4-16(12(2)20)21-15-9-10-17(19-11-15)22-14-7-5-13(18)6-8-14/h5-11,16H,3-4H2,1-2H3/t16-/m1/s1. The monoisotopic (exact) mass is 303 g/mol. The van der Waals surface area contributed by atoms with Crippen LogP contribution in [0.2, 0.25) is 0 Å². The van der Waals surface area contributed by atoms with Crippen LogP contribution < -0.4 is 9.47 Å². The van der Waals surface area contributed by atoms with E-state index in [-0.39, 0.29) is 11.6 Å². The summed E-state index contributed by atoms with van der Waals surface area (Å²) in [5.41, 5.74) is 0. The van der Waals surface area contributed by atoms with Gasteiger partial charge in [-0.1, -0.05) is 13.3 Å². The Kier molecular flexibility index (Phi) is 5.47. The number of hydrogen-bond acceptors (Lipinski definition) is 4. The van der Waals surface area contributed by atoms with Gasteiger partial charge in [-0.3, -0.25) is 4.79 Å². The summed E-state index contributed by atoms with van der Waals surface area (Å²) in [6.07, 6.45) is 2.59. The number of pyridine rings is 1. The largest absolute Gasteiger partial charge is 0.481 e. The molecule has 0 amide bonds. The molecule has 116 valence electrons. The Balaban J connectivity index is 2.00. The number of carbonyl (C=O) groups excluding carboxylic acids is 1. The molecule has 1 heterocycles.